The van der Waals surface area contributed by atoms with E-state index >= 15 is 0 Å². The molecule has 0 fully saturated rings. The second-order valence-electron chi connectivity index (χ2n) is 8.86. The minimum absolute atomic E-state index is 0.0916. The fourth-order valence-electron chi connectivity index (χ4n) is 5.37. The van der Waals surface area contributed by atoms with Crippen LogP contribution in [0.15, 0.2) is 78.9 Å². The average Bonchev–Trinajstić information content (AvgIpc) is 3.26. The summed E-state index contributed by atoms with van der Waals surface area (Å²) in [7, 11) is 0. The van der Waals surface area contributed by atoms with Gasteiger partial charge in [0.1, 0.15) is 12.1 Å². The molecule has 4 aromatic carbocycles. The zero-order chi connectivity index (χ0) is 22.0. The summed E-state index contributed by atoms with van der Waals surface area (Å²) in [6, 6.07) is 31.3. The molecule has 3 heteroatoms. The highest BCUT2D eigenvalue weighted by Crippen LogP contribution is 2.51. The van der Waals surface area contributed by atoms with E-state index in [0.29, 0.717) is 16.8 Å². The number of fused-ring (bicyclic) bond motifs is 6. The lowest BCUT2D eigenvalue weighted by Gasteiger charge is -2.21. The monoisotopic (exact) mass is 409 g/mol. The Morgan fingerprint density at radius 3 is 2.09 bits per heavy atom. The topological polar surface area (TPSA) is 52.5 Å². The molecule has 0 spiro atoms. The predicted octanol–water partition coefficient (Wildman–Crippen LogP) is 6.83. The highest BCUT2D eigenvalue weighted by atomic mass is 15.0. The zero-order valence-corrected chi connectivity index (χ0v) is 17.8. The van der Waals surface area contributed by atoms with Crippen molar-refractivity contribution < 1.29 is 0 Å². The van der Waals surface area contributed by atoms with Crippen LogP contribution in [-0.4, -0.2) is 4.57 Å². The van der Waals surface area contributed by atoms with Gasteiger partial charge >= 0.3 is 0 Å². The first-order valence-electron chi connectivity index (χ1n) is 10.7. The first-order valence-corrected chi connectivity index (χ1v) is 10.7. The highest BCUT2D eigenvalue weighted by Gasteiger charge is 2.36. The van der Waals surface area contributed by atoms with E-state index in [1.807, 2.05) is 12.1 Å². The number of benzene rings is 4. The smallest absolute Gasteiger partial charge is 0.101 e. The number of nitriles is 2. The van der Waals surface area contributed by atoms with Crippen molar-refractivity contribution in [3.8, 4) is 29.0 Å². The van der Waals surface area contributed by atoms with Crippen molar-refractivity contribution in [3.63, 3.8) is 0 Å². The van der Waals surface area contributed by atoms with E-state index < -0.39 is 0 Å². The molecule has 0 bridgehead atoms. The van der Waals surface area contributed by atoms with E-state index in [1.165, 1.54) is 22.3 Å². The van der Waals surface area contributed by atoms with E-state index in [1.54, 1.807) is 18.2 Å². The van der Waals surface area contributed by atoms with Gasteiger partial charge in [-0.3, -0.25) is 0 Å². The Bertz CT molecular complexity index is 1640. The number of hydrogen-bond acceptors (Lipinski definition) is 2. The third-order valence-corrected chi connectivity index (χ3v) is 6.88. The normalized spacial score (nSPS) is 13.5. The molecule has 0 saturated heterocycles. The van der Waals surface area contributed by atoms with Gasteiger partial charge in [-0.25, -0.2) is 0 Å². The summed E-state index contributed by atoms with van der Waals surface area (Å²) >= 11 is 0. The summed E-state index contributed by atoms with van der Waals surface area (Å²) in [4.78, 5) is 0. The van der Waals surface area contributed by atoms with Crippen LogP contribution in [0.25, 0.3) is 38.6 Å². The Hall–Kier alpha value is -4.34. The number of rotatable bonds is 1. The summed E-state index contributed by atoms with van der Waals surface area (Å²) < 4.78 is 2.09. The van der Waals surface area contributed by atoms with Crippen molar-refractivity contribution in [2.45, 2.75) is 19.3 Å². The van der Waals surface area contributed by atoms with Crippen molar-refractivity contribution in [1.82, 2.24) is 4.57 Å². The van der Waals surface area contributed by atoms with Gasteiger partial charge < -0.3 is 4.57 Å². The molecule has 1 aliphatic carbocycles. The number of aromatic nitrogens is 1. The van der Waals surface area contributed by atoms with Crippen LogP contribution in [0.1, 0.15) is 36.1 Å². The van der Waals surface area contributed by atoms with Gasteiger partial charge in [-0.2, -0.15) is 10.5 Å². The molecular weight excluding hydrogens is 390 g/mol. The molecule has 1 heterocycles. The summed E-state index contributed by atoms with van der Waals surface area (Å²) in [5.41, 5.74) is 8.65. The van der Waals surface area contributed by atoms with Crippen LogP contribution in [-0.2, 0) is 5.41 Å². The molecule has 32 heavy (non-hydrogen) atoms. The Kier molecular flexibility index (Phi) is 3.65. The van der Waals surface area contributed by atoms with Gasteiger partial charge in [0.15, 0.2) is 0 Å². The number of nitrogens with zero attached hydrogens (tertiary/aromatic N) is 3. The predicted molar refractivity (Wildman–Crippen MR) is 128 cm³/mol. The lowest BCUT2D eigenvalue weighted by molar-refractivity contribution is 0.661. The van der Waals surface area contributed by atoms with Crippen LogP contribution < -0.4 is 0 Å². The molecular formula is C29H19N3. The van der Waals surface area contributed by atoms with Crippen LogP contribution in [0.2, 0.25) is 0 Å². The van der Waals surface area contributed by atoms with Crippen LogP contribution >= 0.6 is 0 Å². The molecule has 150 valence electrons. The van der Waals surface area contributed by atoms with E-state index in [4.69, 9.17) is 0 Å². The summed E-state index contributed by atoms with van der Waals surface area (Å²) in [5.74, 6) is 0. The van der Waals surface area contributed by atoms with Gasteiger partial charge in [-0.05, 0) is 52.6 Å². The largest absolute Gasteiger partial charge is 0.307 e. The van der Waals surface area contributed by atoms with E-state index in [-0.39, 0.29) is 5.41 Å². The maximum atomic E-state index is 9.86. The van der Waals surface area contributed by atoms with E-state index in [0.717, 1.165) is 21.8 Å². The lowest BCUT2D eigenvalue weighted by Crippen LogP contribution is -2.14. The quantitative estimate of drug-likeness (QED) is 0.304. The summed E-state index contributed by atoms with van der Waals surface area (Å²) in [6.45, 7) is 4.56. The van der Waals surface area contributed by atoms with Gasteiger partial charge in [0.05, 0.1) is 27.8 Å². The molecule has 0 unspecified atom stereocenters. The van der Waals surface area contributed by atoms with Gasteiger partial charge in [0.25, 0.3) is 0 Å². The van der Waals surface area contributed by atoms with Crippen LogP contribution in [0.3, 0.4) is 0 Å². The maximum Gasteiger partial charge on any atom is 0.101 e. The maximum absolute atomic E-state index is 9.86. The Balaban J connectivity index is 1.83. The van der Waals surface area contributed by atoms with Gasteiger partial charge in [0, 0.05) is 16.2 Å². The summed E-state index contributed by atoms with van der Waals surface area (Å²) in [6.07, 6.45) is 0. The second kappa shape index (κ2) is 6.33. The lowest BCUT2D eigenvalue weighted by atomic mass is 9.82. The van der Waals surface area contributed by atoms with Crippen molar-refractivity contribution in [1.29, 1.82) is 10.5 Å². The van der Waals surface area contributed by atoms with Crippen molar-refractivity contribution >= 4 is 21.8 Å². The van der Waals surface area contributed by atoms with Crippen LogP contribution in [0, 0.1) is 22.7 Å². The van der Waals surface area contributed by atoms with Crippen molar-refractivity contribution in [3.05, 3.63) is 101 Å². The van der Waals surface area contributed by atoms with E-state index in [9.17, 15) is 10.5 Å². The Morgan fingerprint density at radius 2 is 1.34 bits per heavy atom. The zero-order valence-electron chi connectivity index (χ0n) is 17.8. The van der Waals surface area contributed by atoms with Gasteiger partial charge in [0.2, 0.25) is 0 Å². The third kappa shape index (κ3) is 2.23. The minimum atomic E-state index is -0.0916. The molecule has 6 rings (SSSR count). The molecule has 5 aromatic rings. The number of hydrogen-bond donors (Lipinski definition) is 0. The first kappa shape index (κ1) is 18.4. The SMILES string of the molecule is CC1(C)c2ccccc2-c2cc3c(cc21)c1ccccc1n3-c1c(C#N)cccc1C#N. The molecule has 1 aromatic heterocycles. The standard InChI is InChI=1S/C29H19N3/c1-29(2)24-12-5-3-10-20(24)22-15-27-23(14-25(22)29)21-11-4-6-13-26(21)32(27)28-18(16-30)8-7-9-19(28)17-31/h3-15H,1-2H3. The summed E-state index contributed by atoms with van der Waals surface area (Å²) in [5, 5.41) is 22.0. The second-order valence-corrected chi connectivity index (χ2v) is 8.86. The molecule has 0 amide bonds. The molecule has 1 aliphatic rings. The van der Waals surface area contributed by atoms with Gasteiger partial charge in [-0.15, -0.1) is 0 Å². The molecule has 0 N–H and O–H groups in total. The Morgan fingerprint density at radius 1 is 0.656 bits per heavy atom. The minimum Gasteiger partial charge on any atom is -0.307 e. The fourth-order valence-corrected chi connectivity index (χ4v) is 5.37. The van der Waals surface area contributed by atoms with Crippen LogP contribution in [0.5, 0.6) is 0 Å². The average molecular weight is 409 g/mol. The van der Waals surface area contributed by atoms with Crippen LogP contribution in [0.4, 0.5) is 0 Å². The van der Waals surface area contributed by atoms with Crippen molar-refractivity contribution in [2.75, 3.05) is 0 Å². The van der Waals surface area contributed by atoms with E-state index in [2.05, 4.69) is 79.1 Å². The Labute approximate surface area is 186 Å². The molecule has 0 radical (unpaired) electrons. The third-order valence-electron chi connectivity index (χ3n) is 6.88. The molecule has 0 aliphatic heterocycles. The van der Waals surface area contributed by atoms with Gasteiger partial charge in [-0.1, -0.05) is 62.4 Å². The fraction of sp³-hybridized carbons (Fsp3) is 0.103. The molecule has 3 nitrogen and oxygen atoms in total. The van der Waals surface area contributed by atoms with Crippen molar-refractivity contribution in [2.24, 2.45) is 0 Å². The first-order chi connectivity index (χ1) is 15.6. The highest BCUT2D eigenvalue weighted by molar-refractivity contribution is 6.11. The molecule has 0 saturated carbocycles. The number of para-hydroxylation sites is 2. The molecule has 0 atom stereocenters.